The van der Waals surface area contributed by atoms with E-state index in [1.807, 2.05) is 42.5 Å². The summed E-state index contributed by atoms with van der Waals surface area (Å²) in [6.07, 6.45) is 3.66. The maximum Gasteiger partial charge on any atom is 0.251 e. The van der Waals surface area contributed by atoms with Crippen LogP contribution in [0.3, 0.4) is 0 Å². The van der Waals surface area contributed by atoms with Crippen molar-refractivity contribution in [2.45, 2.75) is 18.9 Å². The van der Waals surface area contributed by atoms with Crippen LogP contribution in [0, 0.1) is 0 Å². The first kappa shape index (κ1) is 18.1. The topological polar surface area (TPSA) is 73.3 Å². The second-order valence-electron chi connectivity index (χ2n) is 6.58. The molecule has 1 aromatic heterocycles. The van der Waals surface area contributed by atoms with Crippen LogP contribution in [0.5, 0.6) is 11.6 Å². The molecule has 1 fully saturated rings. The molecular weight excluding hydrogens is 354 g/mol. The number of carbonyl (C=O) groups excluding carboxylic acids is 1. The average molecular weight is 375 g/mol. The molecule has 1 aliphatic heterocycles. The van der Waals surface area contributed by atoms with Crippen molar-refractivity contribution in [2.24, 2.45) is 0 Å². The fourth-order valence-corrected chi connectivity index (χ4v) is 3.07. The fourth-order valence-electron chi connectivity index (χ4n) is 3.07. The number of hydrogen-bond donors (Lipinski definition) is 1. The Labute approximate surface area is 163 Å². The van der Waals surface area contributed by atoms with Gasteiger partial charge in [0, 0.05) is 30.3 Å². The van der Waals surface area contributed by atoms with Gasteiger partial charge in [0.1, 0.15) is 12.1 Å². The lowest BCUT2D eigenvalue weighted by molar-refractivity contribution is 0.0858. The van der Waals surface area contributed by atoms with Gasteiger partial charge in [-0.25, -0.2) is 9.97 Å². The van der Waals surface area contributed by atoms with Crippen LogP contribution < -0.4 is 10.1 Å². The molecular formula is C22H21N3O3. The van der Waals surface area contributed by atoms with Gasteiger partial charge in [-0.15, -0.1) is 0 Å². The van der Waals surface area contributed by atoms with Crippen LogP contribution in [0.4, 0.5) is 0 Å². The normalized spacial score (nSPS) is 15.9. The van der Waals surface area contributed by atoms with Crippen molar-refractivity contribution in [1.29, 1.82) is 0 Å². The number of hydrogen-bond acceptors (Lipinski definition) is 5. The molecule has 0 saturated carbocycles. The minimum absolute atomic E-state index is 0.0992. The maximum absolute atomic E-state index is 12.3. The molecule has 6 heteroatoms. The number of nitrogens with one attached hydrogen (secondary N) is 1. The molecule has 28 heavy (non-hydrogen) atoms. The zero-order valence-corrected chi connectivity index (χ0v) is 15.4. The molecule has 1 amide bonds. The van der Waals surface area contributed by atoms with Crippen molar-refractivity contribution >= 4 is 5.91 Å². The largest absolute Gasteiger partial charge is 0.439 e. The lowest BCUT2D eigenvalue weighted by Crippen LogP contribution is -2.31. The maximum atomic E-state index is 12.3. The Kier molecular flexibility index (Phi) is 5.58. The van der Waals surface area contributed by atoms with E-state index in [0.717, 1.165) is 30.7 Å². The van der Waals surface area contributed by atoms with Crippen LogP contribution >= 0.6 is 0 Å². The van der Waals surface area contributed by atoms with Gasteiger partial charge < -0.3 is 14.8 Å². The van der Waals surface area contributed by atoms with E-state index in [2.05, 4.69) is 15.3 Å². The summed E-state index contributed by atoms with van der Waals surface area (Å²) < 4.78 is 11.3. The van der Waals surface area contributed by atoms with Crippen LogP contribution in [0.1, 0.15) is 23.2 Å². The Morgan fingerprint density at radius 1 is 1.11 bits per heavy atom. The van der Waals surface area contributed by atoms with Crippen molar-refractivity contribution in [3.63, 3.8) is 0 Å². The number of aromatic nitrogens is 2. The zero-order chi connectivity index (χ0) is 19.2. The van der Waals surface area contributed by atoms with Gasteiger partial charge in [-0.2, -0.15) is 0 Å². The van der Waals surface area contributed by atoms with Gasteiger partial charge >= 0.3 is 0 Å². The Hall–Kier alpha value is -3.25. The molecule has 1 atom stereocenters. The first-order valence-corrected chi connectivity index (χ1v) is 9.33. The average Bonchev–Trinajstić information content (AvgIpc) is 3.27. The molecule has 1 N–H and O–H groups in total. The molecule has 0 radical (unpaired) electrons. The van der Waals surface area contributed by atoms with Gasteiger partial charge in [-0.05, 0) is 37.1 Å². The summed E-state index contributed by atoms with van der Waals surface area (Å²) in [7, 11) is 0. The van der Waals surface area contributed by atoms with E-state index in [0.29, 0.717) is 23.7 Å². The van der Waals surface area contributed by atoms with Gasteiger partial charge in [-0.3, -0.25) is 4.79 Å². The van der Waals surface area contributed by atoms with E-state index >= 15 is 0 Å². The second kappa shape index (κ2) is 8.63. The van der Waals surface area contributed by atoms with Crippen LogP contribution in [-0.2, 0) is 4.74 Å². The smallest absolute Gasteiger partial charge is 0.251 e. The lowest BCUT2D eigenvalue weighted by atomic mass is 10.1. The molecule has 0 spiro atoms. The number of benzene rings is 2. The molecule has 1 aliphatic rings. The van der Waals surface area contributed by atoms with Crippen LogP contribution in [-0.4, -0.2) is 35.1 Å². The first-order valence-electron chi connectivity index (χ1n) is 9.33. The van der Waals surface area contributed by atoms with Crippen molar-refractivity contribution in [3.05, 3.63) is 72.6 Å². The predicted octanol–water partition coefficient (Wildman–Crippen LogP) is 3.84. The number of carbonyl (C=O) groups is 1. The third-order valence-corrected chi connectivity index (χ3v) is 4.56. The highest BCUT2D eigenvalue weighted by atomic mass is 16.5. The number of amides is 1. The number of para-hydroxylation sites is 1. The molecule has 0 bridgehead atoms. The lowest BCUT2D eigenvalue weighted by Gasteiger charge is -2.11. The molecule has 4 rings (SSSR count). The number of ether oxygens (including phenoxy) is 2. The fraction of sp³-hybridized carbons (Fsp3) is 0.227. The summed E-state index contributed by atoms with van der Waals surface area (Å²) in [5, 5.41) is 2.93. The molecule has 2 heterocycles. The minimum Gasteiger partial charge on any atom is -0.439 e. The van der Waals surface area contributed by atoms with Gasteiger partial charge in [0.15, 0.2) is 0 Å². The molecule has 0 aliphatic carbocycles. The van der Waals surface area contributed by atoms with Gasteiger partial charge in [-0.1, -0.05) is 30.3 Å². The third kappa shape index (κ3) is 4.53. The van der Waals surface area contributed by atoms with Crippen molar-refractivity contribution < 1.29 is 14.3 Å². The van der Waals surface area contributed by atoms with Crippen LogP contribution in [0.25, 0.3) is 11.3 Å². The Morgan fingerprint density at radius 2 is 1.93 bits per heavy atom. The summed E-state index contributed by atoms with van der Waals surface area (Å²) in [6, 6.07) is 18.6. The molecule has 2 aromatic carbocycles. The molecule has 6 nitrogen and oxygen atoms in total. The molecule has 3 aromatic rings. The Bertz CT molecular complexity index is 923. The molecule has 142 valence electrons. The van der Waals surface area contributed by atoms with E-state index in [-0.39, 0.29) is 12.0 Å². The highest BCUT2D eigenvalue weighted by Crippen LogP contribution is 2.24. The summed E-state index contributed by atoms with van der Waals surface area (Å²) in [4.78, 5) is 20.8. The van der Waals surface area contributed by atoms with E-state index in [1.165, 1.54) is 6.33 Å². The first-order chi connectivity index (χ1) is 13.8. The van der Waals surface area contributed by atoms with Crippen molar-refractivity contribution in [3.8, 4) is 22.9 Å². The predicted molar refractivity (Wildman–Crippen MR) is 105 cm³/mol. The minimum atomic E-state index is -0.0992. The summed E-state index contributed by atoms with van der Waals surface area (Å²) in [5.41, 5.74) is 2.22. The molecule has 1 unspecified atom stereocenters. The number of nitrogens with zero attached hydrogens (tertiary/aromatic N) is 2. The highest BCUT2D eigenvalue weighted by molar-refractivity contribution is 5.94. The number of rotatable bonds is 6. The zero-order valence-electron chi connectivity index (χ0n) is 15.4. The van der Waals surface area contributed by atoms with Gasteiger partial charge in [0.2, 0.25) is 5.88 Å². The highest BCUT2D eigenvalue weighted by Gasteiger charge is 2.16. The van der Waals surface area contributed by atoms with E-state index in [9.17, 15) is 4.79 Å². The van der Waals surface area contributed by atoms with Gasteiger partial charge in [0.05, 0.1) is 11.8 Å². The Balaban J connectivity index is 1.42. The van der Waals surface area contributed by atoms with Crippen molar-refractivity contribution in [2.75, 3.05) is 13.2 Å². The van der Waals surface area contributed by atoms with E-state index in [1.54, 1.807) is 18.2 Å². The van der Waals surface area contributed by atoms with Crippen LogP contribution in [0.15, 0.2) is 67.0 Å². The standard InChI is InChI=1S/C22H21N3O3/c26-22(23-14-19-7-4-12-27-19)17-10-8-16(9-11-17)20-13-21(25-15-24-20)28-18-5-2-1-3-6-18/h1-3,5-6,8-11,13,15,19H,4,7,12,14H2,(H,23,26). The summed E-state index contributed by atoms with van der Waals surface area (Å²) >= 11 is 0. The quantitative estimate of drug-likeness (QED) is 0.708. The summed E-state index contributed by atoms with van der Waals surface area (Å²) in [5.74, 6) is 1.08. The van der Waals surface area contributed by atoms with Gasteiger partial charge in [0.25, 0.3) is 5.91 Å². The SMILES string of the molecule is O=C(NCC1CCCO1)c1ccc(-c2cc(Oc3ccccc3)ncn2)cc1. The second-order valence-corrected chi connectivity index (χ2v) is 6.58. The van der Waals surface area contributed by atoms with Crippen LogP contribution in [0.2, 0.25) is 0 Å². The molecule has 1 saturated heterocycles. The van der Waals surface area contributed by atoms with E-state index in [4.69, 9.17) is 9.47 Å². The Morgan fingerprint density at radius 3 is 2.68 bits per heavy atom. The summed E-state index contributed by atoms with van der Waals surface area (Å²) in [6.45, 7) is 1.33. The van der Waals surface area contributed by atoms with E-state index < -0.39 is 0 Å². The van der Waals surface area contributed by atoms with Crippen molar-refractivity contribution in [1.82, 2.24) is 15.3 Å². The third-order valence-electron chi connectivity index (χ3n) is 4.56. The monoisotopic (exact) mass is 375 g/mol.